The van der Waals surface area contributed by atoms with Crippen LogP contribution < -0.4 is 5.32 Å². The molecule has 1 heterocycles. The van der Waals surface area contributed by atoms with Crippen LogP contribution in [-0.2, 0) is 5.41 Å². The first-order valence-corrected chi connectivity index (χ1v) is 8.97. The molecule has 1 N–H and O–H groups in total. The molecule has 0 bridgehead atoms. The summed E-state index contributed by atoms with van der Waals surface area (Å²) in [7, 11) is 1.95. The molecule has 1 saturated heterocycles. The molecular weight excluding hydrogens is 354 g/mol. The number of benzene rings is 1. The summed E-state index contributed by atoms with van der Waals surface area (Å²) in [5.74, 6) is 0.546. The Labute approximate surface area is 161 Å². The molecule has 26 heavy (non-hydrogen) atoms. The molecule has 0 atom stereocenters. The minimum Gasteiger partial charge on any atom is -0.339 e. The molecule has 0 radical (unpaired) electrons. The number of hydrogen-bond donors (Lipinski definition) is 1. The number of nitro groups is 1. The standard InChI is InChI=1S/C19H29N3O3.ClH/c1-19(2,3)16-6-5-15(13-17(16)22(24)25)18(23)21-11-8-14(9-12-21)7-10-20-4;/h5-6,13-14,20H,7-12H2,1-4H3;1H. The number of halogens is 1. The van der Waals surface area contributed by atoms with Gasteiger partial charge in [0.1, 0.15) is 0 Å². The van der Waals surface area contributed by atoms with Gasteiger partial charge in [0.2, 0.25) is 0 Å². The number of hydrogen-bond acceptors (Lipinski definition) is 4. The van der Waals surface area contributed by atoms with Crippen LogP contribution in [0.1, 0.15) is 56.0 Å². The van der Waals surface area contributed by atoms with E-state index in [4.69, 9.17) is 0 Å². The van der Waals surface area contributed by atoms with Crippen molar-refractivity contribution >= 4 is 24.0 Å². The van der Waals surface area contributed by atoms with Crippen LogP contribution >= 0.6 is 12.4 Å². The maximum atomic E-state index is 12.7. The monoisotopic (exact) mass is 383 g/mol. The fourth-order valence-electron chi connectivity index (χ4n) is 3.41. The summed E-state index contributed by atoms with van der Waals surface area (Å²) in [4.78, 5) is 25.6. The van der Waals surface area contributed by atoms with E-state index < -0.39 is 0 Å². The SMILES string of the molecule is CNCCC1CCN(C(=O)c2ccc(C(C)(C)C)c([N+](=O)[O-])c2)CC1.Cl. The molecule has 0 unspecified atom stereocenters. The first-order valence-electron chi connectivity index (χ1n) is 8.97. The Morgan fingerprint density at radius 2 is 1.92 bits per heavy atom. The Morgan fingerprint density at radius 1 is 1.31 bits per heavy atom. The highest BCUT2D eigenvalue weighted by molar-refractivity contribution is 5.95. The van der Waals surface area contributed by atoms with Crippen LogP contribution in [0.4, 0.5) is 5.69 Å². The van der Waals surface area contributed by atoms with Crippen molar-refractivity contribution in [1.29, 1.82) is 0 Å². The van der Waals surface area contributed by atoms with E-state index >= 15 is 0 Å². The maximum absolute atomic E-state index is 12.7. The summed E-state index contributed by atoms with van der Waals surface area (Å²) >= 11 is 0. The van der Waals surface area contributed by atoms with Gasteiger partial charge in [-0.25, -0.2) is 0 Å². The van der Waals surface area contributed by atoms with Gasteiger partial charge in [-0.1, -0.05) is 26.8 Å². The summed E-state index contributed by atoms with van der Waals surface area (Å²) in [6, 6.07) is 4.89. The number of likely N-dealkylation sites (tertiary alicyclic amines) is 1. The number of nitro benzene ring substituents is 1. The first-order chi connectivity index (χ1) is 11.7. The van der Waals surface area contributed by atoms with Gasteiger partial charge in [-0.15, -0.1) is 12.4 Å². The first kappa shape index (κ1) is 22.4. The van der Waals surface area contributed by atoms with Crippen LogP contribution in [0.2, 0.25) is 0 Å². The zero-order valence-electron chi connectivity index (χ0n) is 16.1. The molecule has 1 amide bonds. The van der Waals surface area contributed by atoms with Crippen LogP contribution in [0.3, 0.4) is 0 Å². The number of nitrogens with zero attached hydrogens (tertiary/aromatic N) is 2. The van der Waals surface area contributed by atoms with E-state index in [0.717, 1.165) is 38.9 Å². The second kappa shape index (κ2) is 9.33. The van der Waals surface area contributed by atoms with Crippen molar-refractivity contribution in [3.05, 3.63) is 39.4 Å². The second-order valence-corrected chi connectivity index (χ2v) is 7.87. The molecule has 0 aromatic heterocycles. The van der Waals surface area contributed by atoms with Crippen molar-refractivity contribution in [2.75, 3.05) is 26.7 Å². The summed E-state index contributed by atoms with van der Waals surface area (Å²) in [5, 5.41) is 14.6. The van der Waals surface area contributed by atoms with Gasteiger partial charge >= 0.3 is 0 Å². The predicted molar refractivity (Wildman–Crippen MR) is 106 cm³/mol. The van der Waals surface area contributed by atoms with Crippen LogP contribution in [0.5, 0.6) is 0 Å². The summed E-state index contributed by atoms with van der Waals surface area (Å²) < 4.78 is 0. The molecule has 2 rings (SSSR count). The quantitative estimate of drug-likeness (QED) is 0.620. The van der Waals surface area contributed by atoms with Crippen molar-refractivity contribution in [2.24, 2.45) is 5.92 Å². The van der Waals surface area contributed by atoms with E-state index in [0.29, 0.717) is 17.0 Å². The van der Waals surface area contributed by atoms with Crippen molar-refractivity contribution < 1.29 is 9.72 Å². The van der Waals surface area contributed by atoms with Gasteiger partial charge in [-0.3, -0.25) is 14.9 Å². The fraction of sp³-hybridized carbons (Fsp3) is 0.632. The zero-order chi connectivity index (χ0) is 18.6. The minimum atomic E-state index is -0.388. The van der Waals surface area contributed by atoms with Crippen molar-refractivity contribution in [3.63, 3.8) is 0 Å². The average molecular weight is 384 g/mol. The van der Waals surface area contributed by atoms with E-state index in [9.17, 15) is 14.9 Å². The van der Waals surface area contributed by atoms with Crippen LogP contribution in [-0.4, -0.2) is 42.4 Å². The average Bonchev–Trinajstić information content (AvgIpc) is 2.58. The van der Waals surface area contributed by atoms with Gasteiger partial charge in [-0.2, -0.15) is 0 Å². The molecule has 0 saturated carbocycles. The molecule has 1 aromatic rings. The highest BCUT2D eigenvalue weighted by Gasteiger charge is 2.28. The van der Waals surface area contributed by atoms with Gasteiger partial charge in [0.15, 0.2) is 0 Å². The van der Waals surface area contributed by atoms with Gasteiger partial charge < -0.3 is 10.2 Å². The largest absolute Gasteiger partial charge is 0.339 e. The molecule has 1 aliphatic heterocycles. The highest BCUT2D eigenvalue weighted by atomic mass is 35.5. The predicted octanol–water partition coefficient (Wildman–Crippen LogP) is 3.78. The number of nitrogens with one attached hydrogen (secondary N) is 1. The molecule has 6 nitrogen and oxygen atoms in total. The number of piperidine rings is 1. The normalized spacial score (nSPS) is 15.5. The van der Waals surface area contributed by atoms with Crippen LogP contribution in [0, 0.1) is 16.0 Å². The number of carbonyl (C=O) groups excluding carboxylic acids is 1. The fourth-order valence-corrected chi connectivity index (χ4v) is 3.41. The third kappa shape index (κ3) is 5.42. The molecule has 0 spiro atoms. The van der Waals surface area contributed by atoms with Crippen LogP contribution in [0.25, 0.3) is 0 Å². The number of amides is 1. The van der Waals surface area contributed by atoms with Gasteiger partial charge in [0, 0.05) is 30.3 Å². The summed E-state index contributed by atoms with van der Waals surface area (Å²) in [6.07, 6.45) is 3.12. The number of carbonyl (C=O) groups is 1. The van der Waals surface area contributed by atoms with Gasteiger partial charge in [0.25, 0.3) is 11.6 Å². The molecule has 7 heteroatoms. The molecule has 146 valence electrons. The molecule has 1 aliphatic rings. The Hall–Kier alpha value is -1.66. The van der Waals surface area contributed by atoms with Crippen molar-refractivity contribution in [1.82, 2.24) is 10.2 Å². The molecule has 1 fully saturated rings. The third-order valence-corrected chi connectivity index (χ3v) is 4.95. The molecule has 1 aromatic carbocycles. The Balaban J connectivity index is 0.00000338. The number of rotatable bonds is 5. The smallest absolute Gasteiger partial charge is 0.273 e. The minimum absolute atomic E-state index is 0. The van der Waals surface area contributed by atoms with Gasteiger partial charge in [-0.05, 0) is 50.3 Å². The van der Waals surface area contributed by atoms with E-state index in [-0.39, 0.29) is 34.3 Å². The lowest BCUT2D eigenvalue weighted by molar-refractivity contribution is -0.386. The van der Waals surface area contributed by atoms with Crippen molar-refractivity contribution in [3.8, 4) is 0 Å². The van der Waals surface area contributed by atoms with Crippen molar-refractivity contribution in [2.45, 2.75) is 45.4 Å². The second-order valence-electron chi connectivity index (χ2n) is 7.87. The topological polar surface area (TPSA) is 75.5 Å². The van der Waals surface area contributed by atoms with Gasteiger partial charge in [0.05, 0.1) is 4.92 Å². The maximum Gasteiger partial charge on any atom is 0.273 e. The zero-order valence-corrected chi connectivity index (χ0v) is 16.9. The summed E-state index contributed by atoms with van der Waals surface area (Å²) in [6.45, 7) is 8.26. The van der Waals surface area contributed by atoms with E-state index in [1.807, 2.05) is 32.7 Å². The van der Waals surface area contributed by atoms with E-state index in [1.54, 1.807) is 12.1 Å². The Morgan fingerprint density at radius 3 is 2.42 bits per heavy atom. The highest BCUT2D eigenvalue weighted by Crippen LogP contribution is 2.32. The van der Waals surface area contributed by atoms with E-state index in [1.165, 1.54) is 6.07 Å². The Kier molecular flexibility index (Phi) is 8.03. The summed E-state index contributed by atoms with van der Waals surface area (Å²) in [5.41, 5.74) is 0.755. The third-order valence-electron chi connectivity index (χ3n) is 4.95. The van der Waals surface area contributed by atoms with E-state index in [2.05, 4.69) is 5.32 Å². The lowest BCUT2D eigenvalue weighted by atomic mass is 9.85. The lowest BCUT2D eigenvalue weighted by Gasteiger charge is -2.32. The van der Waals surface area contributed by atoms with Crippen LogP contribution in [0.15, 0.2) is 18.2 Å². The Bertz CT molecular complexity index is 635. The molecular formula is C19H30ClN3O3. The lowest BCUT2D eigenvalue weighted by Crippen LogP contribution is -2.39. The molecule has 0 aliphatic carbocycles.